The molecular formula is C12H18N4O3. The first-order chi connectivity index (χ1) is 9.13. The molecule has 7 heteroatoms. The summed E-state index contributed by atoms with van der Waals surface area (Å²) in [4.78, 5) is 26.9. The number of esters is 1. The first kappa shape index (κ1) is 13.4. The second-order valence-corrected chi connectivity index (χ2v) is 4.46. The number of rotatable bonds is 6. The summed E-state index contributed by atoms with van der Waals surface area (Å²) in [6, 6.07) is 0. The number of amides is 1. The lowest BCUT2D eigenvalue weighted by Gasteiger charge is -2.07. The number of nitrogen functional groups attached to an aromatic ring is 1. The van der Waals surface area contributed by atoms with E-state index in [1.165, 1.54) is 6.33 Å². The van der Waals surface area contributed by atoms with Crippen LogP contribution in [0.15, 0.2) is 6.33 Å². The van der Waals surface area contributed by atoms with Crippen LogP contribution >= 0.6 is 0 Å². The minimum absolute atomic E-state index is 0.0873. The average Bonchev–Trinajstić information content (AvgIpc) is 3.16. The van der Waals surface area contributed by atoms with Crippen LogP contribution in [0.5, 0.6) is 0 Å². The molecule has 1 heterocycles. The Morgan fingerprint density at radius 3 is 2.95 bits per heavy atom. The predicted molar refractivity (Wildman–Crippen MR) is 68.3 cm³/mol. The van der Waals surface area contributed by atoms with Crippen LogP contribution < -0.4 is 11.1 Å². The van der Waals surface area contributed by atoms with Gasteiger partial charge in [-0.2, -0.15) is 0 Å². The van der Waals surface area contributed by atoms with Gasteiger partial charge in [-0.3, -0.25) is 4.79 Å². The maximum Gasteiger partial charge on any atom is 0.360 e. The zero-order chi connectivity index (χ0) is 13.8. The van der Waals surface area contributed by atoms with E-state index in [2.05, 4.69) is 10.3 Å². The minimum Gasteiger partial charge on any atom is -0.461 e. The third kappa shape index (κ3) is 3.24. The van der Waals surface area contributed by atoms with E-state index in [4.69, 9.17) is 10.5 Å². The highest BCUT2D eigenvalue weighted by Gasteiger charge is 2.29. The van der Waals surface area contributed by atoms with Gasteiger partial charge in [0, 0.05) is 19.0 Å². The number of imidazole rings is 1. The molecular weight excluding hydrogens is 248 g/mol. The number of anilines is 1. The Balaban J connectivity index is 1.86. The number of nitrogens with zero attached hydrogens (tertiary/aromatic N) is 2. The van der Waals surface area contributed by atoms with Crippen LogP contribution in [0.1, 0.15) is 30.3 Å². The minimum atomic E-state index is -0.527. The second-order valence-electron chi connectivity index (χ2n) is 4.46. The first-order valence-electron chi connectivity index (χ1n) is 6.39. The molecule has 104 valence electrons. The van der Waals surface area contributed by atoms with Crippen LogP contribution in [0.4, 0.5) is 5.82 Å². The van der Waals surface area contributed by atoms with Crippen LogP contribution in [0.2, 0.25) is 0 Å². The molecule has 3 N–H and O–H groups in total. The fourth-order valence-electron chi connectivity index (χ4n) is 1.72. The van der Waals surface area contributed by atoms with E-state index >= 15 is 0 Å². The van der Waals surface area contributed by atoms with Crippen LogP contribution in [0.25, 0.3) is 0 Å². The number of carbonyl (C=O) groups is 2. The van der Waals surface area contributed by atoms with Crippen LogP contribution in [-0.2, 0) is 16.1 Å². The number of nitrogens with two attached hydrogens (primary N) is 1. The molecule has 1 amide bonds. The highest BCUT2D eigenvalue weighted by Crippen LogP contribution is 2.28. The third-order valence-electron chi connectivity index (χ3n) is 2.95. The van der Waals surface area contributed by atoms with E-state index in [1.54, 1.807) is 11.5 Å². The molecule has 0 radical (unpaired) electrons. The smallest absolute Gasteiger partial charge is 0.360 e. The van der Waals surface area contributed by atoms with Gasteiger partial charge >= 0.3 is 5.97 Å². The maximum atomic E-state index is 11.5. The number of ether oxygens (including phenoxy) is 1. The largest absolute Gasteiger partial charge is 0.461 e. The van der Waals surface area contributed by atoms with Crippen LogP contribution in [-0.4, -0.2) is 34.6 Å². The molecule has 2 rings (SSSR count). The monoisotopic (exact) mass is 266 g/mol. The molecule has 0 unspecified atom stereocenters. The maximum absolute atomic E-state index is 11.5. The molecule has 0 saturated heterocycles. The number of aromatic nitrogens is 2. The zero-order valence-electron chi connectivity index (χ0n) is 10.9. The third-order valence-corrected chi connectivity index (χ3v) is 2.95. The van der Waals surface area contributed by atoms with E-state index < -0.39 is 5.97 Å². The Bertz CT molecular complexity index is 479. The highest BCUT2D eigenvalue weighted by atomic mass is 16.5. The number of hydrogen-bond acceptors (Lipinski definition) is 5. The molecule has 0 aromatic carbocycles. The van der Waals surface area contributed by atoms with Gasteiger partial charge in [0.05, 0.1) is 12.9 Å². The van der Waals surface area contributed by atoms with Crippen molar-refractivity contribution in [2.24, 2.45) is 5.92 Å². The molecule has 0 spiro atoms. The molecule has 1 aliphatic carbocycles. The van der Waals surface area contributed by atoms with Crippen LogP contribution in [0, 0.1) is 5.92 Å². The normalized spacial score (nSPS) is 14.2. The molecule has 1 saturated carbocycles. The van der Waals surface area contributed by atoms with E-state index in [0.29, 0.717) is 13.1 Å². The molecule has 19 heavy (non-hydrogen) atoms. The second kappa shape index (κ2) is 5.73. The van der Waals surface area contributed by atoms with Crippen molar-refractivity contribution in [1.82, 2.24) is 14.9 Å². The fourth-order valence-corrected chi connectivity index (χ4v) is 1.72. The van der Waals surface area contributed by atoms with Gasteiger partial charge in [-0.15, -0.1) is 0 Å². The Hall–Kier alpha value is -2.05. The quantitative estimate of drug-likeness (QED) is 0.715. The van der Waals surface area contributed by atoms with Crippen molar-refractivity contribution in [3.05, 3.63) is 12.0 Å². The van der Waals surface area contributed by atoms with Gasteiger partial charge in [-0.05, 0) is 19.8 Å². The van der Waals surface area contributed by atoms with Crippen molar-refractivity contribution in [2.45, 2.75) is 26.3 Å². The number of nitrogens with one attached hydrogen (secondary N) is 1. The van der Waals surface area contributed by atoms with Gasteiger partial charge < -0.3 is 20.4 Å². The predicted octanol–water partition coefficient (Wildman–Crippen LogP) is 0.168. The molecule has 7 nitrogen and oxygen atoms in total. The Morgan fingerprint density at radius 1 is 1.58 bits per heavy atom. The van der Waals surface area contributed by atoms with Crippen molar-refractivity contribution in [1.29, 1.82) is 0 Å². The summed E-state index contributed by atoms with van der Waals surface area (Å²) in [6.07, 6.45) is 3.43. The summed E-state index contributed by atoms with van der Waals surface area (Å²) >= 11 is 0. The molecule has 1 aromatic heterocycles. The van der Waals surface area contributed by atoms with Crippen molar-refractivity contribution >= 4 is 17.7 Å². The van der Waals surface area contributed by atoms with E-state index in [9.17, 15) is 9.59 Å². The fraction of sp³-hybridized carbons (Fsp3) is 0.583. The standard InChI is InChI=1S/C12H18N4O3/c1-2-19-12(18)9-10(13)16(7-15-9)6-5-14-11(17)8-3-4-8/h7-8H,2-6,13H2,1H3,(H,14,17). The van der Waals surface area contributed by atoms with E-state index in [0.717, 1.165) is 12.8 Å². The van der Waals surface area contributed by atoms with Gasteiger partial charge in [0.25, 0.3) is 0 Å². The van der Waals surface area contributed by atoms with Gasteiger partial charge in [0.2, 0.25) is 5.91 Å². The van der Waals surface area contributed by atoms with Gasteiger partial charge in [-0.25, -0.2) is 9.78 Å². The van der Waals surface area contributed by atoms with Crippen LogP contribution in [0.3, 0.4) is 0 Å². The first-order valence-corrected chi connectivity index (χ1v) is 6.39. The van der Waals surface area contributed by atoms with Crippen molar-refractivity contribution < 1.29 is 14.3 Å². The van der Waals surface area contributed by atoms with E-state index in [-0.39, 0.29) is 29.9 Å². The summed E-state index contributed by atoms with van der Waals surface area (Å²) in [5.74, 6) is 0.0133. The van der Waals surface area contributed by atoms with Gasteiger partial charge in [0.1, 0.15) is 5.82 Å². The zero-order valence-corrected chi connectivity index (χ0v) is 10.9. The molecule has 0 bridgehead atoms. The Morgan fingerprint density at radius 2 is 2.32 bits per heavy atom. The lowest BCUT2D eigenvalue weighted by Crippen LogP contribution is -2.28. The molecule has 0 atom stereocenters. The summed E-state index contributed by atoms with van der Waals surface area (Å²) in [5, 5.41) is 2.82. The summed E-state index contributed by atoms with van der Waals surface area (Å²) < 4.78 is 6.46. The highest BCUT2D eigenvalue weighted by molar-refractivity contribution is 5.92. The Labute approximate surface area is 111 Å². The number of carbonyl (C=O) groups excluding carboxylic acids is 2. The molecule has 0 aliphatic heterocycles. The molecule has 1 aromatic rings. The van der Waals surface area contributed by atoms with Crippen molar-refractivity contribution in [3.63, 3.8) is 0 Å². The lowest BCUT2D eigenvalue weighted by atomic mass is 10.4. The van der Waals surface area contributed by atoms with Crippen molar-refractivity contribution in [3.8, 4) is 0 Å². The summed E-state index contributed by atoms with van der Waals surface area (Å²) in [5.41, 5.74) is 5.93. The lowest BCUT2D eigenvalue weighted by molar-refractivity contribution is -0.122. The summed E-state index contributed by atoms with van der Waals surface area (Å²) in [7, 11) is 0. The van der Waals surface area contributed by atoms with Crippen molar-refractivity contribution in [2.75, 3.05) is 18.9 Å². The SMILES string of the molecule is CCOC(=O)c1ncn(CCNC(=O)C2CC2)c1N. The average molecular weight is 266 g/mol. The Kier molecular flexibility index (Phi) is 4.03. The van der Waals surface area contributed by atoms with Gasteiger partial charge in [0.15, 0.2) is 5.69 Å². The topological polar surface area (TPSA) is 99.2 Å². The molecule has 1 fully saturated rings. The van der Waals surface area contributed by atoms with E-state index in [1.807, 2.05) is 0 Å². The van der Waals surface area contributed by atoms with Gasteiger partial charge in [-0.1, -0.05) is 0 Å². The number of hydrogen-bond donors (Lipinski definition) is 2. The molecule has 1 aliphatic rings. The summed E-state index contributed by atoms with van der Waals surface area (Å²) in [6.45, 7) is 2.95.